The fraction of sp³-hybridized carbons (Fsp3) is 0.0909. The van der Waals surface area contributed by atoms with Gasteiger partial charge in [-0.05, 0) is 54.6 Å². The minimum atomic E-state index is -3.81. The van der Waals surface area contributed by atoms with Gasteiger partial charge >= 0.3 is 0 Å². The number of fused-ring (bicyclic) bond motifs is 1. The van der Waals surface area contributed by atoms with Gasteiger partial charge in [0.2, 0.25) is 5.91 Å². The second kappa shape index (κ2) is 9.05. The van der Waals surface area contributed by atoms with Crippen molar-refractivity contribution in [2.24, 2.45) is 0 Å². The van der Waals surface area contributed by atoms with E-state index in [1.54, 1.807) is 47.7 Å². The smallest absolute Gasteiger partial charge is 0.261 e. The zero-order chi connectivity index (χ0) is 21.8. The molecule has 31 heavy (non-hydrogen) atoms. The van der Waals surface area contributed by atoms with E-state index in [0.29, 0.717) is 22.8 Å². The Balaban J connectivity index is 1.40. The van der Waals surface area contributed by atoms with Crippen molar-refractivity contribution in [3.63, 3.8) is 0 Å². The van der Waals surface area contributed by atoms with Crippen molar-refractivity contribution in [3.05, 3.63) is 82.8 Å². The fourth-order valence-electron chi connectivity index (χ4n) is 2.94. The molecule has 0 aliphatic heterocycles. The average molecular weight is 472 g/mol. The maximum atomic E-state index is 12.7. The van der Waals surface area contributed by atoms with Crippen LogP contribution in [0.5, 0.6) is 0 Å². The molecule has 0 aliphatic carbocycles. The number of nitrogens with one attached hydrogen (secondary N) is 2. The van der Waals surface area contributed by atoms with E-state index in [1.807, 2.05) is 24.3 Å². The first-order valence-corrected chi connectivity index (χ1v) is 12.1. The molecule has 1 amide bonds. The molecular formula is C22H18ClN3O3S2. The van der Waals surface area contributed by atoms with E-state index in [9.17, 15) is 13.2 Å². The summed E-state index contributed by atoms with van der Waals surface area (Å²) >= 11 is 7.40. The summed E-state index contributed by atoms with van der Waals surface area (Å²) in [5, 5.41) is 4.16. The Morgan fingerprint density at radius 2 is 1.74 bits per heavy atom. The summed E-state index contributed by atoms with van der Waals surface area (Å²) in [5.74, 6) is -0.209. The van der Waals surface area contributed by atoms with Gasteiger partial charge < -0.3 is 5.32 Å². The van der Waals surface area contributed by atoms with Gasteiger partial charge in [0.25, 0.3) is 10.0 Å². The van der Waals surface area contributed by atoms with Gasteiger partial charge in [-0.2, -0.15) is 0 Å². The summed E-state index contributed by atoms with van der Waals surface area (Å²) in [6.45, 7) is 0. The zero-order valence-corrected chi connectivity index (χ0v) is 18.6. The molecule has 9 heteroatoms. The van der Waals surface area contributed by atoms with Crippen molar-refractivity contribution in [1.82, 2.24) is 4.98 Å². The highest BCUT2D eigenvalue weighted by molar-refractivity contribution is 7.92. The molecule has 0 radical (unpaired) electrons. The normalized spacial score (nSPS) is 11.4. The van der Waals surface area contributed by atoms with Gasteiger partial charge in [-0.1, -0.05) is 29.8 Å². The van der Waals surface area contributed by atoms with Gasteiger partial charge in [-0.25, -0.2) is 13.4 Å². The van der Waals surface area contributed by atoms with Gasteiger partial charge in [-0.15, -0.1) is 11.3 Å². The quantitative estimate of drug-likeness (QED) is 0.381. The number of para-hydroxylation sites is 1. The lowest BCUT2D eigenvalue weighted by Gasteiger charge is -2.10. The number of aromatic nitrogens is 1. The number of carbonyl (C=O) groups excluding carboxylic acids is 1. The highest BCUT2D eigenvalue weighted by Gasteiger charge is 2.15. The molecule has 0 atom stereocenters. The first-order valence-electron chi connectivity index (χ1n) is 9.42. The van der Waals surface area contributed by atoms with Crippen LogP contribution in [-0.4, -0.2) is 19.3 Å². The van der Waals surface area contributed by atoms with Crippen molar-refractivity contribution in [1.29, 1.82) is 0 Å². The molecular weight excluding hydrogens is 454 g/mol. The van der Waals surface area contributed by atoms with Crippen LogP contribution in [0.2, 0.25) is 5.02 Å². The maximum absolute atomic E-state index is 12.7. The minimum Gasteiger partial charge on any atom is -0.326 e. The number of hydrogen-bond donors (Lipinski definition) is 2. The molecule has 0 fully saturated rings. The molecule has 158 valence electrons. The molecule has 6 nitrogen and oxygen atoms in total. The molecule has 0 bridgehead atoms. The Morgan fingerprint density at radius 1 is 0.968 bits per heavy atom. The Bertz CT molecular complexity index is 1300. The van der Waals surface area contributed by atoms with E-state index < -0.39 is 10.0 Å². The number of hydrogen-bond acceptors (Lipinski definition) is 5. The second-order valence-corrected chi connectivity index (χ2v) is 10.00. The van der Waals surface area contributed by atoms with Crippen LogP contribution >= 0.6 is 22.9 Å². The van der Waals surface area contributed by atoms with Crippen molar-refractivity contribution in [3.8, 4) is 0 Å². The molecule has 1 aromatic heterocycles. The van der Waals surface area contributed by atoms with Gasteiger partial charge in [0, 0.05) is 29.2 Å². The summed E-state index contributed by atoms with van der Waals surface area (Å²) < 4.78 is 28.9. The van der Waals surface area contributed by atoms with E-state index >= 15 is 0 Å². The van der Waals surface area contributed by atoms with Crippen LogP contribution < -0.4 is 10.0 Å². The SMILES string of the molecule is O=C(CCc1nc2ccccc2s1)Nc1cccc(S(=O)(=O)Nc2ccc(Cl)cc2)c1. The molecule has 1 heterocycles. The fourth-order valence-corrected chi connectivity index (χ4v) is 5.14. The highest BCUT2D eigenvalue weighted by Crippen LogP contribution is 2.23. The Labute approximate surface area is 189 Å². The molecule has 4 rings (SSSR count). The van der Waals surface area contributed by atoms with Crippen LogP contribution in [-0.2, 0) is 21.2 Å². The zero-order valence-electron chi connectivity index (χ0n) is 16.2. The monoisotopic (exact) mass is 471 g/mol. The third-order valence-corrected chi connectivity index (χ3v) is 7.16. The number of sulfonamides is 1. The summed E-state index contributed by atoms with van der Waals surface area (Å²) in [7, 11) is -3.81. The topological polar surface area (TPSA) is 88.2 Å². The van der Waals surface area contributed by atoms with Crippen LogP contribution in [0.4, 0.5) is 11.4 Å². The summed E-state index contributed by atoms with van der Waals surface area (Å²) in [4.78, 5) is 16.9. The van der Waals surface area contributed by atoms with Gasteiger partial charge in [-0.3, -0.25) is 9.52 Å². The highest BCUT2D eigenvalue weighted by atomic mass is 35.5. The third-order valence-electron chi connectivity index (χ3n) is 4.43. The van der Waals surface area contributed by atoms with Gasteiger partial charge in [0.05, 0.1) is 20.1 Å². The number of nitrogens with zero attached hydrogens (tertiary/aromatic N) is 1. The number of rotatable bonds is 7. The number of aryl methyl sites for hydroxylation is 1. The molecule has 4 aromatic rings. The largest absolute Gasteiger partial charge is 0.326 e. The maximum Gasteiger partial charge on any atom is 0.261 e. The van der Waals surface area contributed by atoms with E-state index in [2.05, 4.69) is 15.0 Å². The molecule has 3 aromatic carbocycles. The van der Waals surface area contributed by atoms with Crippen LogP contribution in [0.3, 0.4) is 0 Å². The lowest BCUT2D eigenvalue weighted by Crippen LogP contribution is -2.15. The summed E-state index contributed by atoms with van der Waals surface area (Å²) in [5.41, 5.74) is 1.73. The Kier molecular flexibility index (Phi) is 6.22. The molecule has 0 unspecified atom stereocenters. The minimum absolute atomic E-state index is 0.0476. The van der Waals surface area contributed by atoms with Crippen LogP contribution in [0.1, 0.15) is 11.4 Å². The number of amides is 1. The molecule has 0 aliphatic rings. The van der Waals surface area contributed by atoms with Gasteiger partial charge in [0.1, 0.15) is 0 Å². The number of benzene rings is 3. The second-order valence-electron chi connectivity index (χ2n) is 6.76. The predicted molar refractivity (Wildman–Crippen MR) is 125 cm³/mol. The summed E-state index contributed by atoms with van der Waals surface area (Å²) in [6.07, 6.45) is 0.765. The Morgan fingerprint density at radius 3 is 2.52 bits per heavy atom. The van der Waals surface area contributed by atoms with E-state index in [1.165, 1.54) is 12.1 Å². The van der Waals surface area contributed by atoms with E-state index in [-0.39, 0.29) is 17.2 Å². The van der Waals surface area contributed by atoms with Crippen LogP contribution in [0, 0.1) is 0 Å². The van der Waals surface area contributed by atoms with Gasteiger partial charge in [0.15, 0.2) is 0 Å². The van der Waals surface area contributed by atoms with E-state index in [4.69, 9.17) is 11.6 Å². The molecule has 0 spiro atoms. The first kappa shape index (κ1) is 21.3. The predicted octanol–water partition coefficient (Wildman–Crippen LogP) is 5.32. The Hall–Kier alpha value is -2.94. The molecule has 0 saturated heterocycles. The van der Waals surface area contributed by atoms with Crippen molar-refractivity contribution >= 4 is 60.5 Å². The van der Waals surface area contributed by atoms with Crippen LogP contribution in [0.15, 0.2) is 77.7 Å². The van der Waals surface area contributed by atoms with E-state index in [0.717, 1.165) is 15.2 Å². The first-order chi connectivity index (χ1) is 14.9. The molecule has 2 N–H and O–H groups in total. The van der Waals surface area contributed by atoms with Crippen molar-refractivity contribution in [2.75, 3.05) is 10.0 Å². The third kappa shape index (κ3) is 5.41. The number of thiazole rings is 1. The van der Waals surface area contributed by atoms with Crippen molar-refractivity contribution < 1.29 is 13.2 Å². The lowest BCUT2D eigenvalue weighted by atomic mass is 10.2. The van der Waals surface area contributed by atoms with Crippen LogP contribution in [0.25, 0.3) is 10.2 Å². The summed E-state index contributed by atoms with van der Waals surface area (Å²) in [6, 6.07) is 20.3. The number of anilines is 2. The molecule has 0 saturated carbocycles. The number of halogens is 1. The number of carbonyl (C=O) groups is 1. The lowest BCUT2D eigenvalue weighted by molar-refractivity contribution is -0.116. The average Bonchev–Trinajstić information content (AvgIpc) is 3.17. The van der Waals surface area contributed by atoms with Crippen molar-refractivity contribution in [2.45, 2.75) is 17.7 Å². The standard InChI is InChI=1S/C22H18ClN3O3S2/c23-15-8-10-16(11-9-15)26-31(28,29)18-5-3-4-17(14-18)24-21(27)12-13-22-25-19-6-1-2-7-20(19)30-22/h1-11,14,26H,12-13H2,(H,24,27).